The molecular weight excluding hydrogens is 373 g/mol. The third-order valence-corrected chi connectivity index (χ3v) is 4.89. The first-order valence-corrected chi connectivity index (χ1v) is 9.09. The third kappa shape index (κ3) is 4.38. The summed E-state index contributed by atoms with van der Waals surface area (Å²) in [7, 11) is 1.41. The zero-order valence-corrected chi connectivity index (χ0v) is 13.8. The zero-order valence-electron chi connectivity index (χ0n) is 12.2. The molecule has 6 nitrogen and oxygen atoms in total. The SMILES string of the molecule is O=C(NCCNC1(c2ccc(S(=O)(=O)Cl)cc2)COC1)C(F)(F)F. The number of nitrogens with one attached hydrogen (secondary N) is 2. The Morgan fingerprint density at radius 2 is 1.79 bits per heavy atom. The normalized spacial score (nSPS) is 17.2. The Morgan fingerprint density at radius 1 is 1.21 bits per heavy atom. The average molecular weight is 387 g/mol. The number of halogens is 4. The topological polar surface area (TPSA) is 84.5 Å². The maximum Gasteiger partial charge on any atom is 0.471 e. The van der Waals surface area contributed by atoms with Gasteiger partial charge in [-0.25, -0.2) is 8.42 Å². The van der Waals surface area contributed by atoms with Crippen molar-refractivity contribution in [3.8, 4) is 0 Å². The molecule has 11 heteroatoms. The van der Waals surface area contributed by atoms with Crippen LogP contribution in [0.15, 0.2) is 29.2 Å². The molecule has 1 aliphatic rings. The molecule has 1 amide bonds. The summed E-state index contributed by atoms with van der Waals surface area (Å²) in [6.07, 6.45) is -4.92. The Bertz CT molecular complexity index is 703. The third-order valence-electron chi connectivity index (χ3n) is 3.52. The van der Waals surface area contributed by atoms with Gasteiger partial charge in [-0.3, -0.25) is 4.79 Å². The van der Waals surface area contributed by atoms with Gasteiger partial charge in [-0.05, 0) is 17.7 Å². The van der Waals surface area contributed by atoms with Gasteiger partial charge in [-0.1, -0.05) is 12.1 Å². The molecule has 2 rings (SSSR count). The minimum Gasteiger partial charge on any atom is -0.377 e. The smallest absolute Gasteiger partial charge is 0.377 e. The van der Waals surface area contributed by atoms with Gasteiger partial charge in [0.15, 0.2) is 0 Å². The quantitative estimate of drug-likeness (QED) is 0.565. The first kappa shape index (κ1) is 19.0. The summed E-state index contributed by atoms with van der Waals surface area (Å²) < 4.78 is 63.8. The highest BCUT2D eigenvalue weighted by molar-refractivity contribution is 8.13. The molecule has 0 aliphatic carbocycles. The van der Waals surface area contributed by atoms with E-state index in [9.17, 15) is 26.4 Å². The van der Waals surface area contributed by atoms with E-state index in [0.29, 0.717) is 5.56 Å². The first-order valence-electron chi connectivity index (χ1n) is 6.78. The average Bonchev–Trinajstić information content (AvgIpc) is 2.43. The zero-order chi connectivity index (χ0) is 18.0. The summed E-state index contributed by atoms with van der Waals surface area (Å²) >= 11 is 0. The van der Waals surface area contributed by atoms with Crippen molar-refractivity contribution in [2.24, 2.45) is 0 Å². The molecule has 1 saturated heterocycles. The minimum atomic E-state index is -4.92. The molecule has 1 aromatic rings. The predicted octanol–water partition coefficient (Wildman–Crippen LogP) is 1.11. The lowest BCUT2D eigenvalue weighted by Gasteiger charge is -2.43. The second-order valence-electron chi connectivity index (χ2n) is 5.22. The van der Waals surface area contributed by atoms with E-state index in [1.807, 2.05) is 0 Å². The standard InChI is InChI=1S/C13H14ClF3N2O4S/c14-24(21,22)10-3-1-9(2-4-10)12(7-23-8-12)19-6-5-18-11(20)13(15,16)17/h1-4,19H,5-8H2,(H,18,20). The number of carbonyl (C=O) groups is 1. The van der Waals surface area contributed by atoms with E-state index < -0.39 is 26.7 Å². The number of hydrogen-bond acceptors (Lipinski definition) is 5. The van der Waals surface area contributed by atoms with Crippen LogP contribution in [0.5, 0.6) is 0 Å². The van der Waals surface area contributed by atoms with Crippen LogP contribution >= 0.6 is 10.7 Å². The van der Waals surface area contributed by atoms with E-state index in [1.54, 1.807) is 17.4 Å². The molecular formula is C13H14ClF3N2O4S. The van der Waals surface area contributed by atoms with Crippen molar-refractivity contribution in [1.29, 1.82) is 0 Å². The number of hydrogen-bond donors (Lipinski definition) is 2. The molecule has 2 N–H and O–H groups in total. The Morgan fingerprint density at radius 3 is 2.21 bits per heavy atom. The fourth-order valence-electron chi connectivity index (χ4n) is 2.19. The molecule has 1 aromatic carbocycles. The first-order chi connectivity index (χ1) is 11.0. The summed E-state index contributed by atoms with van der Waals surface area (Å²) in [6, 6.07) is 5.79. The van der Waals surface area contributed by atoms with Gasteiger partial charge in [0.2, 0.25) is 0 Å². The van der Waals surface area contributed by atoms with Gasteiger partial charge in [0.05, 0.1) is 23.6 Å². The summed E-state index contributed by atoms with van der Waals surface area (Å²) in [5, 5.41) is 4.78. The van der Waals surface area contributed by atoms with Gasteiger partial charge in [-0.2, -0.15) is 13.2 Å². The maximum atomic E-state index is 12.1. The summed E-state index contributed by atoms with van der Waals surface area (Å²) in [6.45, 7) is 0.412. The molecule has 0 atom stereocenters. The van der Waals surface area contributed by atoms with E-state index in [0.717, 1.165) is 0 Å². The Kier molecular flexibility index (Phi) is 5.43. The van der Waals surface area contributed by atoms with Crippen molar-refractivity contribution in [2.45, 2.75) is 16.6 Å². The van der Waals surface area contributed by atoms with E-state index in [1.165, 1.54) is 12.1 Å². The van der Waals surface area contributed by atoms with Gasteiger partial charge >= 0.3 is 12.1 Å². The van der Waals surface area contributed by atoms with Crippen LogP contribution in [0.4, 0.5) is 13.2 Å². The molecule has 1 heterocycles. The molecule has 0 aromatic heterocycles. The Labute approximate surface area is 140 Å². The second kappa shape index (κ2) is 6.87. The predicted molar refractivity (Wildman–Crippen MR) is 79.0 cm³/mol. The largest absolute Gasteiger partial charge is 0.471 e. The number of amides is 1. The van der Waals surface area contributed by atoms with Gasteiger partial charge in [0, 0.05) is 23.8 Å². The Hall–Kier alpha value is -1.36. The monoisotopic (exact) mass is 386 g/mol. The highest BCUT2D eigenvalue weighted by Gasteiger charge is 2.41. The van der Waals surface area contributed by atoms with Gasteiger partial charge < -0.3 is 15.4 Å². The molecule has 1 fully saturated rings. The molecule has 0 radical (unpaired) electrons. The lowest BCUT2D eigenvalue weighted by molar-refractivity contribution is -0.173. The van der Waals surface area contributed by atoms with Gasteiger partial charge in [0.1, 0.15) is 0 Å². The van der Waals surface area contributed by atoms with Gasteiger partial charge in [0.25, 0.3) is 9.05 Å². The number of carbonyl (C=O) groups excluding carboxylic acids is 1. The Balaban J connectivity index is 1.96. The fourth-order valence-corrected chi connectivity index (χ4v) is 2.96. The molecule has 1 aliphatic heterocycles. The van der Waals surface area contributed by atoms with Crippen LogP contribution in [-0.4, -0.2) is 46.8 Å². The summed E-state index contributed by atoms with van der Waals surface area (Å²) in [4.78, 5) is 10.7. The van der Waals surface area contributed by atoms with E-state index in [4.69, 9.17) is 15.4 Å². The van der Waals surface area contributed by atoms with Crippen molar-refractivity contribution >= 4 is 25.6 Å². The fraction of sp³-hybridized carbons (Fsp3) is 0.462. The number of ether oxygens (including phenoxy) is 1. The molecule has 0 spiro atoms. The minimum absolute atomic E-state index is 0.0549. The molecule has 0 unspecified atom stereocenters. The number of alkyl halides is 3. The van der Waals surface area contributed by atoms with Crippen molar-refractivity contribution < 1.29 is 31.1 Å². The van der Waals surface area contributed by atoms with Crippen molar-refractivity contribution in [3.05, 3.63) is 29.8 Å². The second-order valence-corrected chi connectivity index (χ2v) is 7.78. The van der Waals surface area contributed by atoms with E-state index >= 15 is 0 Å². The van der Waals surface area contributed by atoms with E-state index in [2.05, 4.69) is 5.32 Å². The summed E-state index contributed by atoms with van der Waals surface area (Å²) in [5.41, 5.74) is 0.0670. The van der Waals surface area contributed by atoms with Gasteiger partial charge in [-0.15, -0.1) is 0 Å². The van der Waals surface area contributed by atoms with Crippen molar-refractivity contribution in [2.75, 3.05) is 26.3 Å². The highest BCUT2D eigenvalue weighted by atomic mass is 35.7. The van der Waals surface area contributed by atoms with Crippen LogP contribution in [0.25, 0.3) is 0 Å². The van der Waals surface area contributed by atoms with Crippen LogP contribution in [0.3, 0.4) is 0 Å². The van der Waals surface area contributed by atoms with Crippen LogP contribution in [-0.2, 0) is 24.1 Å². The molecule has 24 heavy (non-hydrogen) atoms. The van der Waals surface area contributed by atoms with E-state index in [-0.39, 0.29) is 31.2 Å². The maximum absolute atomic E-state index is 12.1. The van der Waals surface area contributed by atoms with Crippen LogP contribution < -0.4 is 10.6 Å². The summed E-state index contributed by atoms with van der Waals surface area (Å²) in [5.74, 6) is -2.00. The van der Waals surface area contributed by atoms with Crippen LogP contribution in [0.1, 0.15) is 5.56 Å². The molecule has 0 bridgehead atoms. The highest BCUT2D eigenvalue weighted by Crippen LogP contribution is 2.30. The molecule has 134 valence electrons. The van der Waals surface area contributed by atoms with Crippen LogP contribution in [0, 0.1) is 0 Å². The number of rotatable bonds is 6. The number of benzene rings is 1. The van der Waals surface area contributed by atoms with Crippen molar-refractivity contribution in [1.82, 2.24) is 10.6 Å². The lowest BCUT2D eigenvalue weighted by atomic mass is 9.88. The molecule has 0 saturated carbocycles. The lowest BCUT2D eigenvalue weighted by Crippen LogP contribution is -2.59. The van der Waals surface area contributed by atoms with Crippen molar-refractivity contribution in [3.63, 3.8) is 0 Å². The van der Waals surface area contributed by atoms with Crippen LogP contribution in [0.2, 0.25) is 0 Å².